The van der Waals surface area contributed by atoms with Crippen LogP contribution in [-0.4, -0.2) is 42.2 Å². The Morgan fingerprint density at radius 2 is 1.83 bits per heavy atom. The highest BCUT2D eigenvalue weighted by Crippen LogP contribution is 2.40. The minimum Gasteiger partial charge on any atom is -0.497 e. The molecule has 2 aromatic rings. The summed E-state index contributed by atoms with van der Waals surface area (Å²) in [5.41, 5.74) is 0.957. The molecule has 2 unspecified atom stereocenters. The van der Waals surface area contributed by atoms with Gasteiger partial charge in [0, 0.05) is 23.7 Å². The summed E-state index contributed by atoms with van der Waals surface area (Å²) in [7, 11) is 1.70. The van der Waals surface area contributed by atoms with Gasteiger partial charge in [-0.3, -0.25) is 9.88 Å². The first-order valence-electron chi connectivity index (χ1n) is 12.1. The van der Waals surface area contributed by atoms with Gasteiger partial charge in [0.2, 0.25) is 0 Å². The Morgan fingerprint density at radius 1 is 1.03 bits per heavy atom. The van der Waals surface area contributed by atoms with Gasteiger partial charge >= 0.3 is 0 Å². The van der Waals surface area contributed by atoms with Gasteiger partial charge in [-0.2, -0.15) is 0 Å². The molecule has 2 atom stereocenters. The Morgan fingerprint density at radius 3 is 2.60 bits per heavy atom. The maximum absolute atomic E-state index is 6.23. The molecule has 3 heterocycles. The van der Waals surface area contributed by atoms with Crippen LogP contribution in [0.4, 0.5) is 0 Å². The molecule has 0 spiro atoms. The fraction of sp³-hybridized carbons (Fsp3) is 0.654. The SMILES string of the molecule is CCCCCCCN1C2CCC1CC(CCOc1ccnc3ccc(OC)cc13)C2. The zero-order chi connectivity index (χ0) is 20.8. The highest BCUT2D eigenvalue weighted by Gasteiger charge is 2.39. The van der Waals surface area contributed by atoms with E-state index in [2.05, 4.69) is 16.8 Å². The van der Waals surface area contributed by atoms with Gasteiger partial charge < -0.3 is 9.47 Å². The molecule has 1 aromatic heterocycles. The molecule has 0 aliphatic carbocycles. The van der Waals surface area contributed by atoms with Crippen LogP contribution in [0.15, 0.2) is 30.5 Å². The zero-order valence-corrected chi connectivity index (χ0v) is 18.8. The van der Waals surface area contributed by atoms with E-state index in [-0.39, 0.29) is 0 Å². The molecule has 2 aliphatic heterocycles. The number of hydrogen-bond acceptors (Lipinski definition) is 4. The van der Waals surface area contributed by atoms with Crippen LogP contribution < -0.4 is 9.47 Å². The van der Waals surface area contributed by atoms with Crippen molar-refractivity contribution < 1.29 is 9.47 Å². The molecule has 2 bridgehead atoms. The third-order valence-electron chi connectivity index (χ3n) is 7.19. The molecule has 2 aliphatic rings. The van der Waals surface area contributed by atoms with Gasteiger partial charge in [-0.25, -0.2) is 0 Å². The van der Waals surface area contributed by atoms with E-state index in [1.165, 1.54) is 64.3 Å². The second-order valence-corrected chi connectivity index (χ2v) is 9.20. The highest BCUT2D eigenvalue weighted by molar-refractivity contribution is 5.86. The minimum absolute atomic E-state index is 0.789. The first-order valence-corrected chi connectivity index (χ1v) is 12.1. The first kappa shape index (κ1) is 21.4. The maximum Gasteiger partial charge on any atom is 0.130 e. The van der Waals surface area contributed by atoms with Gasteiger partial charge in [-0.15, -0.1) is 0 Å². The summed E-state index contributed by atoms with van der Waals surface area (Å²) in [6.07, 6.45) is 15.5. The second-order valence-electron chi connectivity index (χ2n) is 9.20. The van der Waals surface area contributed by atoms with E-state index < -0.39 is 0 Å². The van der Waals surface area contributed by atoms with Crippen LogP contribution in [0, 0.1) is 5.92 Å². The molecule has 0 radical (unpaired) electrons. The van der Waals surface area contributed by atoms with Crippen molar-refractivity contribution in [2.45, 2.75) is 83.2 Å². The van der Waals surface area contributed by atoms with Gasteiger partial charge in [-0.1, -0.05) is 32.6 Å². The van der Waals surface area contributed by atoms with Crippen molar-refractivity contribution in [3.63, 3.8) is 0 Å². The lowest BCUT2D eigenvalue weighted by molar-refractivity contribution is 0.0914. The fourth-order valence-corrected chi connectivity index (χ4v) is 5.57. The summed E-state index contributed by atoms with van der Waals surface area (Å²) in [5, 5.41) is 1.04. The van der Waals surface area contributed by atoms with Crippen molar-refractivity contribution in [1.82, 2.24) is 9.88 Å². The molecule has 4 nitrogen and oxygen atoms in total. The molecule has 2 saturated heterocycles. The monoisotopic (exact) mass is 410 g/mol. The molecular formula is C26H38N2O2. The van der Waals surface area contributed by atoms with Crippen molar-refractivity contribution >= 4 is 10.9 Å². The Kier molecular flexibility index (Phi) is 7.48. The average Bonchev–Trinajstić information content (AvgIpc) is 3.01. The third-order valence-corrected chi connectivity index (χ3v) is 7.19. The summed E-state index contributed by atoms with van der Waals surface area (Å²) < 4.78 is 11.6. The number of ether oxygens (including phenoxy) is 2. The maximum atomic E-state index is 6.23. The summed E-state index contributed by atoms with van der Waals surface area (Å²) in [4.78, 5) is 7.30. The van der Waals surface area contributed by atoms with Crippen LogP contribution in [0.2, 0.25) is 0 Å². The summed E-state index contributed by atoms with van der Waals surface area (Å²) in [6.45, 7) is 4.41. The molecule has 4 rings (SSSR count). The van der Waals surface area contributed by atoms with E-state index in [0.717, 1.165) is 53.4 Å². The summed E-state index contributed by atoms with van der Waals surface area (Å²) in [5.74, 6) is 2.58. The molecule has 0 amide bonds. The van der Waals surface area contributed by atoms with Crippen LogP contribution in [0.1, 0.15) is 71.1 Å². The second kappa shape index (κ2) is 10.5. The van der Waals surface area contributed by atoms with E-state index in [9.17, 15) is 0 Å². The lowest BCUT2D eigenvalue weighted by Gasteiger charge is -2.39. The van der Waals surface area contributed by atoms with Gasteiger partial charge in [0.05, 0.1) is 19.2 Å². The number of rotatable bonds is 11. The smallest absolute Gasteiger partial charge is 0.130 e. The minimum atomic E-state index is 0.789. The van der Waals surface area contributed by atoms with Gasteiger partial charge in [-0.05, 0) is 75.3 Å². The average molecular weight is 411 g/mol. The topological polar surface area (TPSA) is 34.6 Å². The van der Waals surface area contributed by atoms with E-state index in [1.807, 2.05) is 30.5 Å². The normalized spacial score (nSPS) is 23.7. The van der Waals surface area contributed by atoms with Crippen molar-refractivity contribution in [1.29, 1.82) is 0 Å². The number of benzene rings is 1. The lowest BCUT2D eigenvalue weighted by atomic mass is 9.88. The number of nitrogens with zero attached hydrogens (tertiary/aromatic N) is 2. The Hall–Kier alpha value is -1.81. The van der Waals surface area contributed by atoms with Crippen LogP contribution in [0.5, 0.6) is 11.5 Å². The molecule has 4 heteroatoms. The molecule has 164 valence electrons. The number of methoxy groups -OCH3 is 1. The van der Waals surface area contributed by atoms with Crippen LogP contribution in [0.3, 0.4) is 0 Å². The van der Waals surface area contributed by atoms with Gasteiger partial charge in [0.25, 0.3) is 0 Å². The summed E-state index contributed by atoms with van der Waals surface area (Å²) >= 11 is 0. The molecule has 2 fully saturated rings. The Labute approximate surface area is 182 Å². The summed E-state index contributed by atoms with van der Waals surface area (Å²) in [6, 6.07) is 9.60. The van der Waals surface area contributed by atoms with Crippen LogP contribution >= 0.6 is 0 Å². The molecular weight excluding hydrogens is 372 g/mol. The Bertz CT molecular complexity index is 795. The number of fused-ring (bicyclic) bond motifs is 3. The van der Waals surface area contributed by atoms with Crippen molar-refractivity contribution in [2.75, 3.05) is 20.3 Å². The van der Waals surface area contributed by atoms with Gasteiger partial charge in [0.1, 0.15) is 11.5 Å². The standard InChI is InChI=1S/C26H38N2O2/c1-3-4-5-6-7-15-28-21-8-9-22(28)18-20(17-21)13-16-30-26-12-14-27-25-11-10-23(29-2)19-24(25)26/h10-12,14,19-22H,3-9,13,15-18H2,1-2H3. The van der Waals surface area contributed by atoms with E-state index in [4.69, 9.17) is 9.47 Å². The third kappa shape index (κ3) is 5.08. The lowest BCUT2D eigenvalue weighted by Crippen LogP contribution is -2.43. The van der Waals surface area contributed by atoms with Crippen LogP contribution in [-0.2, 0) is 0 Å². The van der Waals surface area contributed by atoms with Crippen LogP contribution in [0.25, 0.3) is 10.9 Å². The molecule has 0 saturated carbocycles. The number of aromatic nitrogens is 1. The predicted molar refractivity (Wildman–Crippen MR) is 123 cm³/mol. The fourth-order valence-electron chi connectivity index (χ4n) is 5.57. The van der Waals surface area contributed by atoms with Crippen molar-refractivity contribution in [3.05, 3.63) is 30.5 Å². The van der Waals surface area contributed by atoms with E-state index >= 15 is 0 Å². The number of piperidine rings is 1. The largest absolute Gasteiger partial charge is 0.497 e. The first-order chi connectivity index (χ1) is 14.8. The number of hydrogen-bond donors (Lipinski definition) is 0. The Balaban J connectivity index is 1.26. The van der Waals surface area contributed by atoms with Crippen molar-refractivity contribution in [2.24, 2.45) is 5.92 Å². The van der Waals surface area contributed by atoms with Crippen molar-refractivity contribution in [3.8, 4) is 11.5 Å². The molecule has 30 heavy (non-hydrogen) atoms. The number of unbranched alkanes of at least 4 members (excludes halogenated alkanes) is 4. The van der Waals surface area contributed by atoms with E-state index in [1.54, 1.807) is 7.11 Å². The zero-order valence-electron chi connectivity index (χ0n) is 18.8. The highest BCUT2D eigenvalue weighted by atomic mass is 16.5. The molecule has 0 N–H and O–H groups in total. The quantitative estimate of drug-likeness (QED) is 0.412. The predicted octanol–water partition coefficient (Wildman–Crippen LogP) is 6.23. The number of pyridine rings is 1. The van der Waals surface area contributed by atoms with E-state index in [0.29, 0.717) is 0 Å². The molecule has 1 aromatic carbocycles. The van der Waals surface area contributed by atoms with Gasteiger partial charge in [0.15, 0.2) is 0 Å².